The number of nitrogens with one attached hydrogen (secondary N) is 1. The molecule has 0 saturated heterocycles. The average molecular weight is 254 g/mol. The van der Waals surface area contributed by atoms with E-state index in [9.17, 15) is 5.11 Å². The third-order valence-electron chi connectivity index (χ3n) is 3.03. The van der Waals surface area contributed by atoms with Gasteiger partial charge in [-0.25, -0.2) is 0 Å². The van der Waals surface area contributed by atoms with Crippen molar-refractivity contribution in [3.8, 4) is 5.88 Å². The van der Waals surface area contributed by atoms with Crippen molar-refractivity contribution >= 4 is 12.3 Å². The monoisotopic (exact) mass is 254 g/mol. The number of allylic oxidation sites excluding steroid dienone is 2. The molecule has 98 valence electrons. The van der Waals surface area contributed by atoms with Crippen LogP contribution in [0.2, 0.25) is 0 Å². The van der Waals surface area contributed by atoms with Gasteiger partial charge in [-0.1, -0.05) is 25.1 Å². The van der Waals surface area contributed by atoms with Crippen LogP contribution in [-0.2, 0) is 0 Å². The zero-order chi connectivity index (χ0) is 13.7. The van der Waals surface area contributed by atoms with E-state index in [1.165, 1.54) is 11.1 Å². The predicted molar refractivity (Wildman–Crippen MR) is 79.5 cm³/mol. The van der Waals surface area contributed by atoms with Crippen LogP contribution in [0, 0.1) is 0 Å². The molecule has 0 aromatic carbocycles. The Kier molecular flexibility index (Phi) is 4.18. The molecule has 1 aliphatic heterocycles. The predicted octanol–water partition coefficient (Wildman–Crippen LogP) is 4.00. The standard InChI is InChI=1S/C16H18N2O/c1-3-14-12(2)11-18-15(14)10-13-8-6-4-5-7-9-17-16(13)19/h4-11,17,19H,3H2,1-2H3. The van der Waals surface area contributed by atoms with Crippen LogP contribution in [0.4, 0.5) is 0 Å². The summed E-state index contributed by atoms with van der Waals surface area (Å²) in [5.41, 5.74) is 4.04. The van der Waals surface area contributed by atoms with Gasteiger partial charge in [-0.15, -0.1) is 0 Å². The van der Waals surface area contributed by atoms with Gasteiger partial charge < -0.3 is 10.1 Å². The Morgan fingerprint density at radius 3 is 2.84 bits per heavy atom. The maximum absolute atomic E-state index is 10.0. The zero-order valence-corrected chi connectivity index (χ0v) is 11.2. The van der Waals surface area contributed by atoms with E-state index < -0.39 is 0 Å². The van der Waals surface area contributed by atoms with E-state index >= 15 is 0 Å². The highest BCUT2D eigenvalue weighted by Gasteiger charge is 2.11. The minimum Gasteiger partial charge on any atom is -0.494 e. The molecule has 0 unspecified atom stereocenters. The Balaban J connectivity index is 2.51. The summed E-state index contributed by atoms with van der Waals surface area (Å²) in [5.74, 6) is 0.124. The quantitative estimate of drug-likeness (QED) is 0.823. The van der Waals surface area contributed by atoms with Crippen molar-refractivity contribution in [2.75, 3.05) is 0 Å². The molecular weight excluding hydrogens is 236 g/mol. The van der Waals surface area contributed by atoms with Gasteiger partial charge in [0, 0.05) is 18.0 Å². The van der Waals surface area contributed by atoms with Gasteiger partial charge in [0.1, 0.15) is 0 Å². The van der Waals surface area contributed by atoms with E-state index in [1.807, 2.05) is 42.6 Å². The van der Waals surface area contributed by atoms with Gasteiger partial charge in [-0.05, 0) is 42.7 Å². The van der Waals surface area contributed by atoms with Crippen LogP contribution in [0.15, 0.2) is 58.4 Å². The van der Waals surface area contributed by atoms with Crippen molar-refractivity contribution in [1.82, 2.24) is 4.98 Å². The maximum Gasteiger partial charge on any atom is 0.195 e. The molecule has 19 heavy (non-hydrogen) atoms. The van der Waals surface area contributed by atoms with E-state index in [0.717, 1.165) is 12.1 Å². The third-order valence-corrected chi connectivity index (χ3v) is 3.03. The first-order chi connectivity index (χ1) is 9.22. The summed E-state index contributed by atoms with van der Waals surface area (Å²) in [4.78, 5) is 7.23. The summed E-state index contributed by atoms with van der Waals surface area (Å²) >= 11 is 0. The Morgan fingerprint density at radius 1 is 1.26 bits per heavy atom. The van der Waals surface area contributed by atoms with Crippen LogP contribution in [-0.4, -0.2) is 16.3 Å². The molecule has 1 aliphatic rings. The number of aromatic hydroxyl groups is 1. The highest BCUT2D eigenvalue weighted by atomic mass is 16.3. The molecule has 3 heteroatoms. The molecule has 0 radical (unpaired) electrons. The molecule has 1 aromatic rings. The number of hydrogen-bond donors (Lipinski definition) is 2. The molecule has 0 amide bonds. The van der Waals surface area contributed by atoms with Crippen LogP contribution >= 0.6 is 0 Å². The van der Waals surface area contributed by atoms with E-state index in [4.69, 9.17) is 0 Å². The summed E-state index contributed by atoms with van der Waals surface area (Å²) < 4.78 is 0. The molecule has 0 spiro atoms. The molecule has 2 rings (SSSR count). The van der Waals surface area contributed by atoms with Gasteiger partial charge in [-0.2, -0.15) is 0 Å². The van der Waals surface area contributed by atoms with Gasteiger partial charge in [0.25, 0.3) is 0 Å². The smallest absolute Gasteiger partial charge is 0.195 e. The average Bonchev–Trinajstić information content (AvgIpc) is 2.79. The summed E-state index contributed by atoms with van der Waals surface area (Å²) in [6.07, 6.45) is 6.39. The zero-order valence-electron chi connectivity index (χ0n) is 11.2. The number of aliphatic imine (C=N–C) groups is 1. The first-order valence-electron chi connectivity index (χ1n) is 6.38. The van der Waals surface area contributed by atoms with Gasteiger partial charge in [0.2, 0.25) is 0 Å². The minimum atomic E-state index is 0.124. The Labute approximate surface area is 113 Å². The van der Waals surface area contributed by atoms with E-state index in [2.05, 4.69) is 23.8 Å². The number of aromatic amines is 1. The summed E-state index contributed by atoms with van der Waals surface area (Å²) in [7, 11) is 0. The molecule has 0 aliphatic carbocycles. The molecule has 0 saturated carbocycles. The summed E-state index contributed by atoms with van der Waals surface area (Å²) in [6.45, 7) is 4.17. The fraction of sp³-hybridized carbons (Fsp3) is 0.188. The fourth-order valence-electron chi connectivity index (χ4n) is 2.00. The van der Waals surface area contributed by atoms with E-state index in [1.54, 1.807) is 6.20 Å². The number of hydrogen-bond acceptors (Lipinski definition) is 2. The minimum absolute atomic E-state index is 0.124. The van der Waals surface area contributed by atoms with Crippen LogP contribution in [0.5, 0.6) is 5.88 Å². The van der Waals surface area contributed by atoms with E-state index in [0.29, 0.717) is 5.56 Å². The van der Waals surface area contributed by atoms with Crippen molar-refractivity contribution in [3.05, 3.63) is 58.9 Å². The van der Waals surface area contributed by atoms with Crippen LogP contribution < -0.4 is 0 Å². The Hall–Kier alpha value is -2.29. The summed E-state index contributed by atoms with van der Waals surface area (Å²) in [5, 5.41) is 10.0. The third kappa shape index (κ3) is 3.13. The highest BCUT2D eigenvalue weighted by molar-refractivity contribution is 5.87. The first-order valence-corrected chi connectivity index (χ1v) is 6.38. The van der Waals surface area contributed by atoms with Crippen molar-refractivity contribution in [2.24, 2.45) is 4.99 Å². The second kappa shape index (κ2) is 6.05. The second-order valence-electron chi connectivity index (χ2n) is 4.35. The van der Waals surface area contributed by atoms with Crippen LogP contribution in [0.25, 0.3) is 6.08 Å². The van der Waals surface area contributed by atoms with Gasteiger partial charge in [-0.3, -0.25) is 4.99 Å². The lowest BCUT2D eigenvalue weighted by Gasteiger charge is -2.02. The summed E-state index contributed by atoms with van der Waals surface area (Å²) in [6, 6.07) is 9.37. The molecule has 0 bridgehead atoms. The van der Waals surface area contributed by atoms with Gasteiger partial charge in [0.05, 0.1) is 5.70 Å². The van der Waals surface area contributed by atoms with Crippen molar-refractivity contribution in [2.45, 2.75) is 20.3 Å². The number of aromatic nitrogens is 1. The van der Waals surface area contributed by atoms with Crippen molar-refractivity contribution in [3.63, 3.8) is 0 Å². The molecule has 1 aromatic heterocycles. The normalized spacial score (nSPS) is 16.0. The van der Waals surface area contributed by atoms with E-state index in [-0.39, 0.29) is 5.88 Å². The SMILES string of the molecule is CCC1=C(C)C=NC1=Cc1cccccc[nH]c1O. The van der Waals surface area contributed by atoms with Crippen molar-refractivity contribution < 1.29 is 5.11 Å². The lowest BCUT2D eigenvalue weighted by molar-refractivity contribution is 0.453. The topological polar surface area (TPSA) is 48.4 Å². The highest BCUT2D eigenvalue weighted by Crippen LogP contribution is 2.27. The lowest BCUT2D eigenvalue weighted by Crippen LogP contribution is -1.84. The molecule has 2 N–H and O–H groups in total. The molecule has 2 heterocycles. The molecule has 0 atom stereocenters. The van der Waals surface area contributed by atoms with Crippen molar-refractivity contribution in [1.29, 1.82) is 0 Å². The first kappa shape index (κ1) is 13.1. The largest absolute Gasteiger partial charge is 0.494 e. The van der Waals surface area contributed by atoms with Crippen LogP contribution in [0.1, 0.15) is 25.8 Å². The number of nitrogens with zero attached hydrogens (tertiary/aromatic N) is 1. The second-order valence-corrected chi connectivity index (χ2v) is 4.35. The Morgan fingerprint density at radius 2 is 2.05 bits per heavy atom. The Bertz CT molecular complexity index is 605. The fourth-order valence-corrected chi connectivity index (χ4v) is 2.00. The molecule has 0 fully saturated rings. The molecule has 3 nitrogen and oxygen atoms in total. The number of H-pyrrole nitrogens is 1. The molecular formula is C16H18N2O. The number of rotatable bonds is 2. The van der Waals surface area contributed by atoms with Crippen LogP contribution in [0.3, 0.4) is 0 Å². The lowest BCUT2D eigenvalue weighted by atomic mass is 10.1. The van der Waals surface area contributed by atoms with Gasteiger partial charge >= 0.3 is 0 Å². The van der Waals surface area contributed by atoms with Gasteiger partial charge in [0.15, 0.2) is 5.88 Å². The maximum atomic E-state index is 10.0.